The fraction of sp³-hybridized carbons (Fsp3) is 0.250. The minimum atomic E-state index is -4.65. The lowest BCUT2D eigenvalue weighted by molar-refractivity contribution is -0.274. The predicted octanol–water partition coefficient (Wildman–Crippen LogP) is 3.14. The molecule has 3 nitrogen and oxygen atoms in total. The van der Waals surface area contributed by atoms with Crippen molar-refractivity contribution in [3.05, 3.63) is 47.8 Å². The Morgan fingerprint density at radius 2 is 1.89 bits per heavy atom. The van der Waals surface area contributed by atoms with Gasteiger partial charge in [-0.2, -0.15) is 5.10 Å². The third-order valence-electron chi connectivity index (χ3n) is 2.26. The molecular weight excluding hydrogens is 245 g/mol. The zero-order valence-electron chi connectivity index (χ0n) is 9.61. The molecule has 0 saturated heterocycles. The molecule has 18 heavy (non-hydrogen) atoms. The van der Waals surface area contributed by atoms with Gasteiger partial charge in [0.2, 0.25) is 0 Å². The maximum Gasteiger partial charge on any atom is 0.573 e. The van der Waals surface area contributed by atoms with Crippen LogP contribution in [0.3, 0.4) is 0 Å². The minimum absolute atomic E-state index is 0.220. The zero-order valence-corrected chi connectivity index (χ0v) is 9.61. The molecule has 1 aromatic carbocycles. The van der Waals surface area contributed by atoms with Crippen molar-refractivity contribution in [1.82, 2.24) is 9.78 Å². The average molecular weight is 256 g/mol. The Morgan fingerprint density at radius 3 is 2.39 bits per heavy atom. The van der Waals surface area contributed by atoms with Crippen LogP contribution in [0.15, 0.2) is 36.7 Å². The molecule has 0 amide bonds. The molecule has 0 fully saturated rings. The number of alkyl halides is 3. The summed E-state index contributed by atoms with van der Waals surface area (Å²) in [5.41, 5.74) is 1.89. The number of aryl methyl sites for hydroxylation is 1. The molecular formula is C12H11F3N2O. The summed E-state index contributed by atoms with van der Waals surface area (Å²) < 4.78 is 41.4. The van der Waals surface area contributed by atoms with E-state index in [1.54, 1.807) is 23.0 Å². The first-order valence-electron chi connectivity index (χ1n) is 5.26. The van der Waals surface area contributed by atoms with Gasteiger partial charge in [0.1, 0.15) is 5.75 Å². The zero-order chi connectivity index (χ0) is 13.2. The summed E-state index contributed by atoms with van der Waals surface area (Å²) >= 11 is 0. The van der Waals surface area contributed by atoms with Gasteiger partial charge in [-0.1, -0.05) is 12.1 Å². The van der Waals surface area contributed by atoms with Crippen molar-refractivity contribution in [2.45, 2.75) is 19.8 Å². The quantitative estimate of drug-likeness (QED) is 0.843. The first-order valence-corrected chi connectivity index (χ1v) is 5.26. The molecule has 0 unspecified atom stereocenters. The van der Waals surface area contributed by atoms with Crippen molar-refractivity contribution >= 4 is 0 Å². The summed E-state index contributed by atoms with van der Waals surface area (Å²) in [6.07, 6.45) is -1.07. The van der Waals surface area contributed by atoms with Crippen molar-refractivity contribution in [1.29, 1.82) is 0 Å². The highest BCUT2D eigenvalue weighted by atomic mass is 19.4. The summed E-state index contributed by atoms with van der Waals surface area (Å²) in [6.45, 7) is 2.43. The molecule has 1 heterocycles. The molecule has 1 aromatic heterocycles. The van der Waals surface area contributed by atoms with Gasteiger partial charge in [-0.05, 0) is 30.2 Å². The molecule has 2 rings (SSSR count). The van der Waals surface area contributed by atoms with Crippen LogP contribution in [0.5, 0.6) is 5.75 Å². The first kappa shape index (κ1) is 12.5. The van der Waals surface area contributed by atoms with Gasteiger partial charge in [0.25, 0.3) is 0 Å². The normalized spacial score (nSPS) is 11.6. The average Bonchev–Trinajstić information content (AvgIpc) is 2.65. The number of aromatic nitrogens is 2. The minimum Gasteiger partial charge on any atom is -0.406 e. The third kappa shape index (κ3) is 3.51. The van der Waals surface area contributed by atoms with E-state index in [-0.39, 0.29) is 5.75 Å². The van der Waals surface area contributed by atoms with Crippen molar-refractivity contribution in [3.8, 4) is 5.75 Å². The van der Waals surface area contributed by atoms with Gasteiger partial charge >= 0.3 is 6.36 Å². The summed E-state index contributed by atoms with van der Waals surface area (Å²) in [5, 5.41) is 4.10. The fourth-order valence-electron chi connectivity index (χ4n) is 1.54. The molecule has 0 atom stereocenters. The van der Waals surface area contributed by atoms with E-state index in [2.05, 4.69) is 9.84 Å². The van der Waals surface area contributed by atoms with Gasteiger partial charge in [0.05, 0.1) is 12.7 Å². The molecule has 0 radical (unpaired) electrons. The van der Waals surface area contributed by atoms with E-state index in [1.807, 2.05) is 13.1 Å². The number of ether oxygens (including phenoxy) is 1. The summed E-state index contributed by atoms with van der Waals surface area (Å²) in [4.78, 5) is 0. The lowest BCUT2D eigenvalue weighted by atomic mass is 10.2. The molecule has 0 bridgehead atoms. The number of rotatable bonds is 3. The van der Waals surface area contributed by atoms with E-state index >= 15 is 0 Å². The molecule has 0 N–H and O–H groups in total. The highest BCUT2D eigenvalue weighted by Gasteiger charge is 2.30. The van der Waals surface area contributed by atoms with Gasteiger partial charge in [-0.15, -0.1) is 13.2 Å². The summed E-state index contributed by atoms with van der Waals surface area (Å²) in [7, 11) is 0. The Labute approximate surface area is 102 Å². The number of benzene rings is 1. The topological polar surface area (TPSA) is 27.1 Å². The molecule has 2 aromatic rings. The van der Waals surface area contributed by atoms with Crippen LogP contribution in [0.4, 0.5) is 13.2 Å². The van der Waals surface area contributed by atoms with E-state index in [4.69, 9.17) is 0 Å². The highest BCUT2D eigenvalue weighted by Crippen LogP contribution is 2.22. The third-order valence-corrected chi connectivity index (χ3v) is 2.26. The largest absolute Gasteiger partial charge is 0.573 e. The van der Waals surface area contributed by atoms with Crippen LogP contribution in [0.25, 0.3) is 0 Å². The summed E-state index contributed by atoms with van der Waals surface area (Å²) in [5.74, 6) is -0.220. The van der Waals surface area contributed by atoms with Crippen LogP contribution in [0.1, 0.15) is 11.1 Å². The number of hydrogen-bond donors (Lipinski definition) is 0. The molecule has 6 heteroatoms. The Kier molecular flexibility index (Phi) is 3.27. The SMILES string of the molecule is Cc1cnn(Cc2ccc(OC(F)(F)F)cc2)c1. The smallest absolute Gasteiger partial charge is 0.406 e. The lowest BCUT2D eigenvalue weighted by Gasteiger charge is -2.09. The van der Waals surface area contributed by atoms with E-state index in [9.17, 15) is 13.2 Å². The molecule has 0 aliphatic heterocycles. The number of hydrogen-bond acceptors (Lipinski definition) is 2. The van der Waals surface area contributed by atoms with Crippen molar-refractivity contribution in [2.24, 2.45) is 0 Å². The standard InChI is InChI=1S/C12H11F3N2O/c1-9-6-16-17(7-9)8-10-2-4-11(5-3-10)18-12(13,14)15/h2-7H,8H2,1H3. The van der Waals surface area contributed by atoms with E-state index in [0.29, 0.717) is 6.54 Å². The molecule has 96 valence electrons. The first-order chi connectivity index (χ1) is 8.42. The maximum absolute atomic E-state index is 12.0. The molecule has 0 spiro atoms. The second-order valence-corrected chi connectivity index (χ2v) is 3.91. The van der Waals surface area contributed by atoms with Crippen molar-refractivity contribution in [3.63, 3.8) is 0 Å². The maximum atomic E-state index is 12.0. The van der Waals surface area contributed by atoms with E-state index in [1.165, 1.54) is 12.1 Å². The second-order valence-electron chi connectivity index (χ2n) is 3.91. The highest BCUT2D eigenvalue weighted by molar-refractivity contribution is 5.27. The van der Waals surface area contributed by atoms with Crippen LogP contribution in [0, 0.1) is 6.92 Å². The number of halogens is 3. The second kappa shape index (κ2) is 4.72. The Hall–Kier alpha value is -1.98. The van der Waals surface area contributed by atoms with E-state index < -0.39 is 6.36 Å². The molecule has 0 aliphatic carbocycles. The summed E-state index contributed by atoms with van der Waals surface area (Å²) in [6, 6.07) is 5.74. The van der Waals surface area contributed by atoms with Crippen molar-refractivity contribution in [2.75, 3.05) is 0 Å². The van der Waals surface area contributed by atoms with Gasteiger partial charge < -0.3 is 4.74 Å². The van der Waals surface area contributed by atoms with Gasteiger partial charge in [-0.25, -0.2) is 0 Å². The van der Waals surface area contributed by atoms with Crippen LogP contribution in [-0.4, -0.2) is 16.1 Å². The fourth-order valence-corrected chi connectivity index (χ4v) is 1.54. The van der Waals surface area contributed by atoms with Crippen LogP contribution in [-0.2, 0) is 6.54 Å². The Balaban J connectivity index is 2.04. The van der Waals surface area contributed by atoms with E-state index in [0.717, 1.165) is 11.1 Å². The number of nitrogens with zero attached hydrogens (tertiary/aromatic N) is 2. The van der Waals surface area contributed by atoms with Gasteiger partial charge in [0, 0.05) is 6.20 Å². The predicted molar refractivity (Wildman–Crippen MR) is 59.2 cm³/mol. The Bertz CT molecular complexity index is 517. The molecule has 0 saturated carbocycles. The van der Waals surface area contributed by atoms with Gasteiger partial charge in [0.15, 0.2) is 0 Å². The van der Waals surface area contributed by atoms with Crippen LogP contribution in [0.2, 0.25) is 0 Å². The van der Waals surface area contributed by atoms with Crippen LogP contribution < -0.4 is 4.74 Å². The monoisotopic (exact) mass is 256 g/mol. The lowest BCUT2D eigenvalue weighted by Crippen LogP contribution is -2.17. The van der Waals surface area contributed by atoms with Crippen LogP contribution >= 0.6 is 0 Å². The van der Waals surface area contributed by atoms with Gasteiger partial charge in [-0.3, -0.25) is 4.68 Å². The Morgan fingerprint density at radius 1 is 1.22 bits per heavy atom. The van der Waals surface area contributed by atoms with Crippen molar-refractivity contribution < 1.29 is 17.9 Å². The molecule has 0 aliphatic rings.